The van der Waals surface area contributed by atoms with Gasteiger partial charge in [0.15, 0.2) is 11.6 Å². The van der Waals surface area contributed by atoms with Gasteiger partial charge in [-0.25, -0.2) is 13.2 Å². The van der Waals surface area contributed by atoms with Crippen LogP contribution in [0, 0.1) is 17.5 Å². The van der Waals surface area contributed by atoms with Gasteiger partial charge in [0, 0.05) is 12.1 Å². The van der Waals surface area contributed by atoms with Crippen LogP contribution in [-0.2, 0) is 13.0 Å². The number of nitrogens with zero attached hydrogens (tertiary/aromatic N) is 2. The van der Waals surface area contributed by atoms with Crippen molar-refractivity contribution in [2.24, 2.45) is 0 Å². The number of anilines is 3. The molecule has 4 aromatic rings. The summed E-state index contributed by atoms with van der Waals surface area (Å²) in [6.45, 7) is 4.65. The van der Waals surface area contributed by atoms with E-state index in [4.69, 9.17) is 9.15 Å². The highest BCUT2D eigenvalue weighted by Gasteiger charge is 2.21. The Bertz CT molecular complexity index is 1290. The van der Waals surface area contributed by atoms with Gasteiger partial charge in [0.1, 0.15) is 11.6 Å². The Balaban J connectivity index is 1.59. The molecule has 0 saturated heterocycles. The number of nitrogens with one attached hydrogen (secondary N) is 2. The summed E-state index contributed by atoms with van der Waals surface area (Å²) < 4.78 is 54.5. The average Bonchev–Trinajstić information content (AvgIpc) is 3.31. The quantitative estimate of drug-likeness (QED) is 0.293. The van der Waals surface area contributed by atoms with E-state index < -0.39 is 17.5 Å². The molecule has 2 N–H and O–H groups in total. The molecule has 0 bridgehead atoms. The van der Waals surface area contributed by atoms with E-state index in [9.17, 15) is 13.2 Å². The minimum absolute atomic E-state index is 0.00616. The first kappa shape index (κ1) is 23.2. The van der Waals surface area contributed by atoms with Gasteiger partial charge in [0.2, 0.25) is 0 Å². The van der Waals surface area contributed by atoms with Gasteiger partial charge in [-0.3, -0.25) is 0 Å². The summed E-state index contributed by atoms with van der Waals surface area (Å²) in [5.74, 6) is -2.21. The maximum absolute atomic E-state index is 14.7. The Labute approximate surface area is 194 Å². The highest BCUT2D eigenvalue weighted by Crippen LogP contribution is 2.35. The number of hydrogen-bond donors (Lipinski definition) is 2. The molecule has 0 spiro atoms. The fourth-order valence-corrected chi connectivity index (χ4v) is 3.39. The maximum atomic E-state index is 14.7. The number of aryl methyl sites for hydroxylation is 1. The van der Waals surface area contributed by atoms with Crippen LogP contribution in [0.4, 0.5) is 30.6 Å². The van der Waals surface area contributed by atoms with Crippen LogP contribution in [0.25, 0.3) is 11.5 Å². The lowest BCUT2D eigenvalue weighted by Crippen LogP contribution is -2.03. The van der Waals surface area contributed by atoms with Gasteiger partial charge in [0.05, 0.1) is 23.5 Å². The van der Waals surface area contributed by atoms with Gasteiger partial charge in [-0.15, -0.1) is 5.10 Å². The lowest BCUT2D eigenvalue weighted by atomic mass is 10.1. The van der Waals surface area contributed by atoms with E-state index in [1.54, 1.807) is 6.07 Å². The van der Waals surface area contributed by atoms with Gasteiger partial charge in [-0.1, -0.05) is 36.3 Å². The highest BCUT2D eigenvalue weighted by molar-refractivity contribution is 5.78. The maximum Gasteiger partial charge on any atom is 0.316 e. The smallest absolute Gasteiger partial charge is 0.316 e. The molecule has 1 heterocycles. The van der Waals surface area contributed by atoms with Crippen molar-refractivity contribution in [2.75, 3.05) is 17.2 Å². The lowest BCUT2D eigenvalue weighted by molar-refractivity contribution is 0.337. The van der Waals surface area contributed by atoms with Crippen molar-refractivity contribution in [3.05, 3.63) is 83.2 Å². The second-order valence-corrected chi connectivity index (χ2v) is 7.38. The molecule has 0 atom stereocenters. The summed E-state index contributed by atoms with van der Waals surface area (Å²) in [7, 11) is 0. The molecule has 0 aliphatic heterocycles. The summed E-state index contributed by atoms with van der Waals surface area (Å²) >= 11 is 0. The van der Waals surface area contributed by atoms with E-state index in [1.807, 2.05) is 38.1 Å². The Morgan fingerprint density at radius 1 is 0.941 bits per heavy atom. The molecule has 6 nitrogen and oxygen atoms in total. The van der Waals surface area contributed by atoms with Gasteiger partial charge in [-0.2, -0.15) is 0 Å². The molecule has 0 fully saturated rings. The van der Waals surface area contributed by atoms with Crippen molar-refractivity contribution in [2.45, 2.75) is 26.8 Å². The third-order valence-electron chi connectivity index (χ3n) is 5.15. The fraction of sp³-hybridized carbons (Fsp3) is 0.200. The molecule has 34 heavy (non-hydrogen) atoms. The van der Waals surface area contributed by atoms with E-state index >= 15 is 0 Å². The van der Waals surface area contributed by atoms with Crippen LogP contribution in [0.15, 0.2) is 59.0 Å². The fourth-order valence-electron chi connectivity index (χ4n) is 3.39. The van der Waals surface area contributed by atoms with Crippen LogP contribution in [0.5, 0.6) is 5.75 Å². The van der Waals surface area contributed by atoms with Crippen LogP contribution >= 0.6 is 0 Å². The average molecular weight is 468 g/mol. The predicted octanol–water partition coefficient (Wildman–Crippen LogP) is 6.47. The molecule has 176 valence electrons. The second kappa shape index (κ2) is 10.3. The summed E-state index contributed by atoms with van der Waals surface area (Å²) in [6.07, 6.45) is 0.642. The van der Waals surface area contributed by atoms with Gasteiger partial charge < -0.3 is 19.8 Å². The largest absolute Gasteiger partial charge is 0.494 e. The molecule has 4 rings (SSSR count). The molecule has 0 saturated carbocycles. The first-order chi connectivity index (χ1) is 16.5. The molecular weight excluding hydrogens is 445 g/mol. The number of hydrogen-bond acceptors (Lipinski definition) is 6. The molecule has 1 aromatic heterocycles. The van der Waals surface area contributed by atoms with E-state index in [0.717, 1.165) is 22.9 Å². The predicted molar refractivity (Wildman–Crippen MR) is 124 cm³/mol. The van der Waals surface area contributed by atoms with Crippen molar-refractivity contribution >= 4 is 17.4 Å². The summed E-state index contributed by atoms with van der Waals surface area (Å²) in [4.78, 5) is 0. The molecule has 0 amide bonds. The number of rotatable bonds is 9. The van der Waals surface area contributed by atoms with Crippen LogP contribution < -0.4 is 15.4 Å². The van der Waals surface area contributed by atoms with E-state index in [0.29, 0.717) is 19.6 Å². The standard InChI is InChI=1S/C25H23F3N4O2/c1-3-15-9-12-20(19(27)13-15)30-23-17(10-11-18(26)22(23)28)24-31-32-25(34-24)29-14-16-7-5-6-8-21(16)33-4-2/h5-13,30H,3-4,14H2,1-2H3,(H,29,32). The van der Waals surface area contributed by atoms with Crippen LogP contribution in [-0.4, -0.2) is 16.8 Å². The number of para-hydroxylation sites is 1. The van der Waals surface area contributed by atoms with E-state index in [1.165, 1.54) is 18.2 Å². The Hall–Kier alpha value is -4.01. The Morgan fingerprint density at radius 2 is 1.76 bits per heavy atom. The van der Waals surface area contributed by atoms with Crippen LogP contribution in [0.1, 0.15) is 25.0 Å². The number of benzene rings is 3. The number of aromatic nitrogens is 2. The molecule has 0 aliphatic rings. The summed E-state index contributed by atoms with van der Waals surface area (Å²) in [5, 5.41) is 13.5. The lowest BCUT2D eigenvalue weighted by Gasteiger charge is -2.13. The molecule has 3 aromatic carbocycles. The van der Waals surface area contributed by atoms with Gasteiger partial charge >= 0.3 is 6.01 Å². The third-order valence-corrected chi connectivity index (χ3v) is 5.15. The minimum Gasteiger partial charge on any atom is -0.494 e. The van der Waals surface area contributed by atoms with Crippen molar-refractivity contribution in [3.63, 3.8) is 0 Å². The molecular formula is C25H23F3N4O2. The molecule has 0 unspecified atom stereocenters. The van der Waals surface area contributed by atoms with E-state index in [2.05, 4.69) is 20.8 Å². The zero-order chi connectivity index (χ0) is 24.1. The minimum atomic E-state index is -1.19. The second-order valence-electron chi connectivity index (χ2n) is 7.38. The monoisotopic (exact) mass is 468 g/mol. The topological polar surface area (TPSA) is 72.2 Å². The van der Waals surface area contributed by atoms with Crippen molar-refractivity contribution in [1.82, 2.24) is 10.2 Å². The molecule has 0 aliphatic carbocycles. The summed E-state index contributed by atoms with van der Waals surface area (Å²) in [6, 6.07) is 14.3. The Morgan fingerprint density at radius 3 is 2.53 bits per heavy atom. The van der Waals surface area contributed by atoms with Gasteiger partial charge in [0.25, 0.3) is 5.89 Å². The highest BCUT2D eigenvalue weighted by atomic mass is 19.2. The van der Waals surface area contributed by atoms with Crippen molar-refractivity contribution < 1.29 is 22.3 Å². The third kappa shape index (κ3) is 4.98. The summed E-state index contributed by atoms with van der Waals surface area (Å²) in [5.41, 5.74) is 1.44. The zero-order valence-electron chi connectivity index (χ0n) is 18.7. The molecule has 0 radical (unpaired) electrons. The van der Waals surface area contributed by atoms with Crippen molar-refractivity contribution in [1.29, 1.82) is 0 Å². The molecule has 9 heteroatoms. The SMILES string of the molecule is CCOc1ccccc1CNc1nnc(-c2ccc(F)c(F)c2Nc2ccc(CC)cc2F)o1. The van der Waals surface area contributed by atoms with Gasteiger partial charge in [-0.05, 0) is 49.2 Å². The normalized spacial score (nSPS) is 10.9. The Kier molecular flexibility index (Phi) is 7.01. The van der Waals surface area contributed by atoms with Crippen molar-refractivity contribution in [3.8, 4) is 17.2 Å². The van der Waals surface area contributed by atoms with E-state index in [-0.39, 0.29) is 28.8 Å². The zero-order valence-corrected chi connectivity index (χ0v) is 18.7. The van der Waals surface area contributed by atoms with Crippen LogP contribution in [0.2, 0.25) is 0 Å². The first-order valence-electron chi connectivity index (χ1n) is 10.8. The van der Waals surface area contributed by atoms with Crippen LogP contribution in [0.3, 0.4) is 0 Å². The number of ether oxygens (including phenoxy) is 1. The number of halogens is 3. The first-order valence-corrected chi connectivity index (χ1v) is 10.8.